The molecule has 1 heterocycles. The van der Waals surface area contributed by atoms with Crippen LogP contribution in [0.1, 0.15) is 12.0 Å². The maximum atomic E-state index is 8.86. The van der Waals surface area contributed by atoms with Gasteiger partial charge in [-0.15, -0.1) is 0 Å². The number of pyridine rings is 1. The van der Waals surface area contributed by atoms with E-state index in [1.54, 1.807) is 32.7 Å². The van der Waals surface area contributed by atoms with Gasteiger partial charge in [0.25, 0.3) is 0 Å². The highest BCUT2D eigenvalue weighted by Crippen LogP contribution is 2.19. The fourth-order valence-electron chi connectivity index (χ4n) is 1.86. The van der Waals surface area contributed by atoms with Gasteiger partial charge in [0, 0.05) is 45.7 Å². The zero-order chi connectivity index (χ0) is 14.8. The van der Waals surface area contributed by atoms with E-state index in [9.17, 15) is 0 Å². The van der Waals surface area contributed by atoms with E-state index in [1.807, 2.05) is 0 Å². The summed E-state index contributed by atoms with van der Waals surface area (Å²) in [5, 5.41) is 11.9. The lowest BCUT2D eigenvalue weighted by atomic mass is 10.2. The van der Waals surface area contributed by atoms with Gasteiger partial charge in [-0.3, -0.25) is 4.98 Å². The Bertz CT molecular complexity index is 426. The van der Waals surface area contributed by atoms with Gasteiger partial charge in [0.15, 0.2) is 5.84 Å². The summed E-state index contributed by atoms with van der Waals surface area (Å²) in [4.78, 5) is 6.20. The van der Waals surface area contributed by atoms with Crippen molar-refractivity contribution < 1.29 is 14.7 Å². The van der Waals surface area contributed by atoms with Crippen molar-refractivity contribution in [3.63, 3.8) is 0 Å². The van der Waals surface area contributed by atoms with Gasteiger partial charge in [0.2, 0.25) is 0 Å². The Hall–Kier alpha value is -1.86. The molecule has 3 N–H and O–H groups in total. The van der Waals surface area contributed by atoms with Crippen LogP contribution in [-0.4, -0.2) is 56.5 Å². The fraction of sp³-hybridized carbons (Fsp3) is 0.538. The van der Waals surface area contributed by atoms with E-state index >= 15 is 0 Å². The third-order valence-electron chi connectivity index (χ3n) is 2.87. The second-order valence-corrected chi connectivity index (χ2v) is 4.20. The largest absolute Gasteiger partial charge is 0.409 e. The monoisotopic (exact) mass is 282 g/mol. The Morgan fingerprint density at radius 3 is 2.75 bits per heavy atom. The van der Waals surface area contributed by atoms with Gasteiger partial charge < -0.3 is 25.3 Å². The van der Waals surface area contributed by atoms with E-state index in [0.717, 1.165) is 18.7 Å². The lowest BCUT2D eigenvalue weighted by Gasteiger charge is -2.26. The number of rotatable bonds is 9. The minimum Gasteiger partial charge on any atom is -0.409 e. The van der Waals surface area contributed by atoms with E-state index in [0.29, 0.717) is 25.3 Å². The van der Waals surface area contributed by atoms with Gasteiger partial charge in [-0.25, -0.2) is 0 Å². The van der Waals surface area contributed by atoms with Gasteiger partial charge >= 0.3 is 0 Å². The molecule has 0 aliphatic heterocycles. The Morgan fingerprint density at radius 1 is 1.35 bits per heavy atom. The van der Waals surface area contributed by atoms with Crippen molar-refractivity contribution in [1.29, 1.82) is 0 Å². The standard InChI is InChI=1S/C13H22N4O3/c1-19-8-3-6-17(7-9-20-2)12-10-15-5-4-11(12)13(14)16-18/h4-5,10,18H,3,6-9H2,1-2H3,(H2,14,16). The highest BCUT2D eigenvalue weighted by molar-refractivity contribution is 6.01. The molecule has 0 saturated heterocycles. The van der Waals surface area contributed by atoms with Crippen LogP contribution >= 0.6 is 0 Å². The first kappa shape index (κ1) is 16.2. The molecule has 20 heavy (non-hydrogen) atoms. The average molecular weight is 282 g/mol. The van der Waals surface area contributed by atoms with Crippen molar-refractivity contribution in [2.24, 2.45) is 10.9 Å². The molecule has 0 radical (unpaired) electrons. The zero-order valence-electron chi connectivity index (χ0n) is 12.0. The first-order valence-corrected chi connectivity index (χ1v) is 6.39. The van der Waals surface area contributed by atoms with E-state index in [1.165, 1.54) is 0 Å². The van der Waals surface area contributed by atoms with Crippen LogP contribution < -0.4 is 10.6 Å². The molecule has 0 atom stereocenters. The Balaban J connectivity index is 2.93. The number of nitrogens with two attached hydrogens (primary N) is 1. The van der Waals surface area contributed by atoms with Crippen LogP contribution in [0.4, 0.5) is 5.69 Å². The lowest BCUT2D eigenvalue weighted by Crippen LogP contribution is -2.31. The Morgan fingerprint density at radius 2 is 2.10 bits per heavy atom. The second kappa shape index (κ2) is 9.11. The number of hydrogen-bond acceptors (Lipinski definition) is 6. The van der Waals surface area contributed by atoms with E-state index in [4.69, 9.17) is 20.4 Å². The molecule has 0 aliphatic carbocycles. The molecule has 0 fully saturated rings. The number of hydrogen-bond donors (Lipinski definition) is 2. The van der Waals surface area contributed by atoms with Gasteiger partial charge in [-0.1, -0.05) is 5.16 Å². The van der Waals surface area contributed by atoms with Crippen molar-refractivity contribution >= 4 is 11.5 Å². The Kier molecular flexibility index (Phi) is 7.38. The van der Waals surface area contributed by atoms with Crippen molar-refractivity contribution in [1.82, 2.24) is 4.98 Å². The van der Waals surface area contributed by atoms with Crippen LogP contribution in [0.25, 0.3) is 0 Å². The maximum Gasteiger partial charge on any atom is 0.172 e. The van der Waals surface area contributed by atoms with Gasteiger partial charge in [0.05, 0.1) is 18.5 Å². The molecule has 0 amide bonds. The molecule has 0 bridgehead atoms. The summed E-state index contributed by atoms with van der Waals surface area (Å²) in [6.07, 6.45) is 4.18. The van der Waals surface area contributed by atoms with E-state index in [-0.39, 0.29) is 5.84 Å². The number of oxime groups is 1. The minimum atomic E-state index is 0.0663. The molecule has 1 aromatic heterocycles. The average Bonchev–Trinajstić information content (AvgIpc) is 2.50. The van der Waals surface area contributed by atoms with Crippen molar-refractivity contribution in [3.8, 4) is 0 Å². The number of anilines is 1. The highest BCUT2D eigenvalue weighted by atomic mass is 16.5. The van der Waals surface area contributed by atoms with Gasteiger partial charge in [-0.05, 0) is 12.5 Å². The summed E-state index contributed by atoms with van der Waals surface area (Å²) < 4.78 is 10.2. The molecule has 1 aromatic rings. The molecule has 7 heteroatoms. The lowest BCUT2D eigenvalue weighted by molar-refractivity contribution is 0.191. The van der Waals surface area contributed by atoms with Crippen LogP contribution in [0.2, 0.25) is 0 Å². The molecule has 7 nitrogen and oxygen atoms in total. The normalized spacial score (nSPS) is 11.6. The summed E-state index contributed by atoms with van der Waals surface area (Å²) in [7, 11) is 3.33. The molecular weight excluding hydrogens is 260 g/mol. The number of aromatic nitrogens is 1. The predicted octanol–water partition coefficient (Wildman–Crippen LogP) is 0.665. The van der Waals surface area contributed by atoms with Gasteiger partial charge in [0.1, 0.15) is 0 Å². The summed E-state index contributed by atoms with van der Waals surface area (Å²) >= 11 is 0. The second-order valence-electron chi connectivity index (χ2n) is 4.20. The third kappa shape index (κ3) is 4.67. The van der Waals surface area contributed by atoms with Crippen LogP contribution in [-0.2, 0) is 9.47 Å². The molecule has 0 aromatic carbocycles. The van der Waals surface area contributed by atoms with E-state index < -0.39 is 0 Å². The zero-order valence-corrected chi connectivity index (χ0v) is 12.0. The van der Waals surface area contributed by atoms with Crippen molar-refractivity contribution in [2.75, 3.05) is 45.4 Å². The summed E-state index contributed by atoms with van der Waals surface area (Å²) in [6, 6.07) is 1.72. The van der Waals surface area contributed by atoms with Crippen LogP contribution in [0.3, 0.4) is 0 Å². The first-order chi connectivity index (χ1) is 9.74. The summed E-state index contributed by atoms with van der Waals surface area (Å²) in [5.74, 6) is 0.0663. The van der Waals surface area contributed by atoms with Crippen LogP contribution in [0.15, 0.2) is 23.6 Å². The van der Waals surface area contributed by atoms with Gasteiger partial charge in [-0.2, -0.15) is 0 Å². The highest BCUT2D eigenvalue weighted by Gasteiger charge is 2.14. The Labute approximate surface area is 119 Å². The minimum absolute atomic E-state index is 0.0663. The van der Waals surface area contributed by atoms with Crippen molar-refractivity contribution in [2.45, 2.75) is 6.42 Å². The molecule has 0 aliphatic rings. The SMILES string of the molecule is COCCCN(CCOC)c1cnccc1/C(N)=N/O. The fourth-order valence-corrected chi connectivity index (χ4v) is 1.86. The first-order valence-electron chi connectivity index (χ1n) is 6.39. The molecular formula is C13H22N4O3. The number of amidine groups is 1. The van der Waals surface area contributed by atoms with E-state index in [2.05, 4.69) is 15.0 Å². The smallest absolute Gasteiger partial charge is 0.172 e. The molecule has 1 rings (SSSR count). The molecule has 0 saturated carbocycles. The number of methoxy groups -OCH3 is 2. The molecule has 0 spiro atoms. The summed E-state index contributed by atoms with van der Waals surface area (Å²) in [5.41, 5.74) is 7.17. The van der Waals surface area contributed by atoms with Crippen LogP contribution in [0, 0.1) is 0 Å². The molecule has 0 unspecified atom stereocenters. The molecule has 112 valence electrons. The summed E-state index contributed by atoms with van der Waals surface area (Å²) in [6.45, 7) is 2.71. The van der Waals surface area contributed by atoms with Crippen molar-refractivity contribution in [3.05, 3.63) is 24.0 Å². The number of ether oxygens (including phenoxy) is 2. The maximum absolute atomic E-state index is 8.86. The topological polar surface area (TPSA) is 93.2 Å². The predicted molar refractivity (Wildman–Crippen MR) is 77.3 cm³/mol. The third-order valence-corrected chi connectivity index (χ3v) is 2.87. The quantitative estimate of drug-likeness (QED) is 0.227. The number of nitrogens with zero attached hydrogens (tertiary/aromatic N) is 3. The van der Waals surface area contributed by atoms with Crippen LogP contribution in [0.5, 0.6) is 0 Å².